The number of pyridine rings is 1. The molecule has 0 saturated heterocycles. The van der Waals surface area contributed by atoms with Crippen molar-refractivity contribution in [2.24, 2.45) is 10.9 Å². The number of carbonyl (C=O) groups excluding carboxylic acids is 1. The van der Waals surface area contributed by atoms with Crippen LogP contribution in [0.25, 0.3) is 0 Å². The lowest BCUT2D eigenvalue weighted by Gasteiger charge is -2.14. The fourth-order valence-corrected chi connectivity index (χ4v) is 3.60. The van der Waals surface area contributed by atoms with Crippen molar-refractivity contribution >= 4 is 17.5 Å². The molecule has 0 spiro atoms. The van der Waals surface area contributed by atoms with Crippen molar-refractivity contribution < 1.29 is 37.2 Å². The Balaban J connectivity index is 1.66. The zero-order chi connectivity index (χ0) is 29.4. The molecule has 4 rings (SSSR count). The Morgan fingerprint density at radius 3 is 2.15 bits per heavy atom. The van der Waals surface area contributed by atoms with Crippen molar-refractivity contribution in [2.75, 3.05) is 0 Å². The maximum absolute atomic E-state index is 13.3. The number of carbonyl (C=O) groups is 1. The molecule has 210 valence electrons. The summed E-state index contributed by atoms with van der Waals surface area (Å²) in [4.78, 5) is 32.4. The molecule has 0 aliphatic carbocycles. The van der Waals surface area contributed by atoms with Gasteiger partial charge in [-0.1, -0.05) is 65.8 Å². The molecular formula is C28H21F3N4O6. The molecule has 0 radical (unpaired) electrons. The van der Waals surface area contributed by atoms with Crippen LogP contribution in [0.1, 0.15) is 32.6 Å². The molecule has 10 nitrogen and oxygen atoms in total. The quantitative estimate of drug-likeness (QED) is 0.0855. The van der Waals surface area contributed by atoms with Crippen LogP contribution in [0.5, 0.6) is 11.5 Å². The Morgan fingerprint density at radius 2 is 1.56 bits per heavy atom. The Bertz CT molecular complexity index is 1560. The Hall–Kier alpha value is -5.46. The number of alkyl halides is 3. The van der Waals surface area contributed by atoms with Crippen molar-refractivity contribution in [2.45, 2.75) is 19.4 Å². The van der Waals surface area contributed by atoms with Gasteiger partial charge in [0.1, 0.15) is 13.2 Å². The van der Waals surface area contributed by atoms with Gasteiger partial charge < -0.3 is 20.0 Å². The van der Waals surface area contributed by atoms with Crippen molar-refractivity contribution in [3.63, 3.8) is 0 Å². The Labute approximate surface area is 230 Å². The summed E-state index contributed by atoms with van der Waals surface area (Å²) in [6, 6.07) is 20.5. The van der Waals surface area contributed by atoms with Crippen LogP contribution >= 0.6 is 0 Å². The van der Waals surface area contributed by atoms with Gasteiger partial charge in [-0.2, -0.15) is 13.2 Å². The number of oxime groups is 1. The second kappa shape index (κ2) is 12.6. The van der Waals surface area contributed by atoms with Crippen LogP contribution in [-0.4, -0.2) is 21.7 Å². The molecule has 1 heterocycles. The molecule has 3 aromatic carbocycles. The molecular weight excluding hydrogens is 545 g/mol. The smallest absolute Gasteiger partial charge is 0.417 e. The first-order valence-electron chi connectivity index (χ1n) is 11.9. The lowest BCUT2D eigenvalue weighted by atomic mass is 10.1. The topological polar surface area (TPSA) is 139 Å². The van der Waals surface area contributed by atoms with Crippen LogP contribution < -0.4 is 15.2 Å². The number of ether oxygens (including phenoxy) is 2. The molecule has 0 aliphatic rings. The first-order chi connectivity index (χ1) is 19.6. The molecule has 0 fully saturated rings. The van der Waals surface area contributed by atoms with Crippen LogP contribution in [0.15, 0.2) is 96.4 Å². The van der Waals surface area contributed by atoms with Crippen LogP contribution in [0.2, 0.25) is 0 Å². The number of nitrogens with two attached hydrogens (primary N) is 1. The molecule has 4 aromatic rings. The predicted molar refractivity (Wildman–Crippen MR) is 140 cm³/mol. The van der Waals surface area contributed by atoms with Crippen molar-refractivity contribution in [3.05, 3.63) is 129 Å². The Morgan fingerprint density at radius 1 is 0.951 bits per heavy atom. The van der Waals surface area contributed by atoms with Crippen molar-refractivity contribution in [1.29, 1.82) is 0 Å². The van der Waals surface area contributed by atoms with Gasteiger partial charge in [0.05, 0.1) is 21.6 Å². The van der Waals surface area contributed by atoms with Gasteiger partial charge in [-0.3, -0.25) is 15.1 Å². The van der Waals surface area contributed by atoms with Crippen molar-refractivity contribution in [3.8, 4) is 11.5 Å². The van der Waals surface area contributed by atoms with E-state index in [9.17, 15) is 28.1 Å². The number of hydrogen-bond acceptors (Lipinski definition) is 8. The first kappa shape index (κ1) is 28.5. The van der Waals surface area contributed by atoms with E-state index in [4.69, 9.17) is 20.0 Å². The summed E-state index contributed by atoms with van der Waals surface area (Å²) < 4.78 is 51.5. The highest BCUT2D eigenvalue weighted by Gasteiger charge is 2.34. The SMILES string of the molecule is NC(=NOC(=O)c1cc(OCc2ccccc2)c(OCc2ccccc2)c([N+](=O)[O-])c1)c1cnccc1C(F)(F)F. The third-order valence-corrected chi connectivity index (χ3v) is 5.56. The number of nitro benzene ring substituents is 1. The summed E-state index contributed by atoms with van der Waals surface area (Å²) in [6.07, 6.45) is -3.04. The highest BCUT2D eigenvalue weighted by molar-refractivity contribution is 5.99. The van der Waals surface area contributed by atoms with Gasteiger partial charge in [-0.15, -0.1) is 0 Å². The number of amidine groups is 1. The highest BCUT2D eigenvalue weighted by atomic mass is 19.4. The molecule has 0 amide bonds. The third-order valence-electron chi connectivity index (χ3n) is 5.56. The second-order valence-electron chi connectivity index (χ2n) is 8.40. The minimum absolute atomic E-state index is 0.0233. The maximum Gasteiger partial charge on any atom is 0.417 e. The molecule has 0 bridgehead atoms. The number of aromatic nitrogens is 1. The van der Waals surface area contributed by atoms with Gasteiger partial charge in [0.25, 0.3) is 0 Å². The Kier molecular flexibility index (Phi) is 8.77. The van der Waals surface area contributed by atoms with E-state index in [0.29, 0.717) is 6.07 Å². The third kappa shape index (κ3) is 7.35. The lowest BCUT2D eigenvalue weighted by Crippen LogP contribution is -2.21. The molecule has 2 N–H and O–H groups in total. The fourth-order valence-electron chi connectivity index (χ4n) is 3.60. The van der Waals surface area contributed by atoms with E-state index in [-0.39, 0.29) is 30.3 Å². The van der Waals surface area contributed by atoms with E-state index in [1.807, 2.05) is 0 Å². The predicted octanol–water partition coefficient (Wildman–Crippen LogP) is 5.64. The van der Waals surface area contributed by atoms with Gasteiger partial charge >= 0.3 is 17.8 Å². The zero-order valence-corrected chi connectivity index (χ0v) is 21.1. The van der Waals surface area contributed by atoms with Crippen LogP contribution in [0.3, 0.4) is 0 Å². The number of nitrogens with zero attached hydrogens (tertiary/aromatic N) is 3. The minimum Gasteiger partial charge on any atom is -0.485 e. The number of rotatable bonds is 10. The standard InChI is InChI=1S/C28H21F3N4O6/c29-28(30,31)22-11-12-33-15-21(22)26(32)34-41-27(36)20-13-23(35(37)38)25(40-17-19-9-5-2-6-10-19)24(14-20)39-16-18-7-3-1-4-8-18/h1-15H,16-17H2,(H2,32,34). The zero-order valence-electron chi connectivity index (χ0n) is 21.1. The van der Waals surface area contributed by atoms with E-state index in [1.54, 1.807) is 60.7 Å². The summed E-state index contributed by atoms with van der Waals surface area (Å²) in [7, 11) is 0. The van der Waals surface area contributed by atoms with Gasteiger partial charge in [0, 0.05) is 18.5 Å². The molecule has 0 atom stereocenters. The molecule has 0 unspecified atom stereocenters. The average molecular weight is 566 g/mol. The largest absolute Gasteiger partial charge is 0.485 e. The van der Waals surface area contributed by atoms with Gasteiger partial charge in [-0.05, 0) is 23.3 Å². The summed E-state index contributed by atoms with van der Waals surface area (Å²) in [5.41, 5.74) is 4.34. The van der Waals surface area contributed by atoms with E-state index >= 15 is 0 Å². The first-order valence-corrected chi connectivity index (χ1v) is 11.9. The number of nitro groups is 1. The highest BCUT2D eigenvalue weighted by Crippen LogP contribution is 2.40. The van der Waals surface area contributed by atoms with Gasteiger partial charge in [0.2, 0.25) is 5.75 Å². The summed E-state index contributed by atoms with van der Waals surface area (Å²) >= 11 is 0. The van der Waals surface area contributed by atoms with E-state index < -0.39 is 39.7 Å². The van der Waals surface area contributed by atoms with Crippen LogP contribution in [-0.2, 0) is 24.2 Å². The summed E-state index contributed by atoms with van der Waals surface area (Å²) in [6.45, 7) is -0.0643. The average Bonchev–Trinajstić information content (AvgIpc) is 2.98. The molecule has 0 aliphatic heterocycles. The molecule has 41 heavy (non-hydrogen) atoms. The number of hydrogen-bond donors (Lipinski definition) is 1. The second-order valence-corrected chi connectivity index (χ2v) is 8.40. The monoisotopic (exact) mass is 566 g/mol. The van der Waals surface area contributed by atoms with Crippen LogP contribution in [0.4, 0.5) is 18.9 Å². The number of halogens is 3. The van der Waals surface area contributed by atoms with Gasteiger partial charge in [0.15, 0.2) is 11.6 Å². The van der Waals surface area contributed by atoms with Gasteiger partial charge in [-0.25, -0.2) is 4.79 Å². The normalized spacial score (nSPS) is 11.5. The fraction of sp³-hybridized carbons (Fsp3) is 0.107. The molecule has 1 aromatic heterocycles. The lowest BCUT2D eigenvalue weighted by molar-refractivity contribution is -0.386. The van der Waals surface area contributed by atoms with E-state index in [2.05, 4.69) is 10.1 Å². The van der Waals surface area contributed by atoms with Crippen molar-refractivity contribution in [1.82, 2.24) is 4.98 Å². The van der Waals surface area contributed by atoms with Crippen LogP contribution in [0, 0.1) is 10.1 Å². The molecule has 0 saturated carbocycles. The number of benzene rings is 3. The summed E-state index contributed by atoms with van der Waals surface area (Å²) in [5.74, 6) is -2.40. The minimum atomic E-state index is -4.77. The summed E-state index contributed by atoms with van der Waals surface area (Å²) in [5, 5.41) is 15.3. The maximum atomic E-state index is 13.3. The van der Waals surface area contributed by atoms with E-state index in [0.717, 1.165) is 35.7 Å². The van der Waals surface area contributed by atoms with E-state index in [1.165, 1.54) is 0 Å². The molecule has 13 heteroatoms.